The summed E-state index contributed by atoms with van der Waals surface area (Å²) in [5.74, 6) is 0.420. The molecule has 2 atom stereocenters. The van der Waals surface area contributed by atoms with Gasteiger partial charge in [0.25, 0.3) is 0 Å². The summed E-state index contributed by atoms with van der Waals surface area (Å²) in [6.45, 7) is 2.25. The summed E-state index contributed by atoms with van der Waals surface area (Å²) in [5.41, 5.74) is 2.53. The number of rotatable bonds is 3. The lowest BCUT2D eigenvalue weighted by atomic mass is 10.1. The van der Waals surface area contributed by atoms with Crippen LogP contribution in [0.2, 0.25) is 0 Å². The zero-order valence-electron chi connectivity index (χ0n) is 11.3. The highest BCUT2D eigenvalue weighted by Crippen LogP contribution is 2.30. The molecule has 1 saturated carbocycles. The minimum atomic E-state index is -0.879. The zero-order chi connectivity index (χ0) is 13.4. The van der Waals surface area contributed by atoms with Gasteiger partial charge in [0, 0.05) is 11.7 Å². The molecule has 2 N–H and O–H groups in total. The van der Waals surface area contributed by atoms with Crippen molar-refractivity contribution < 1.29 is 9.90 Å². The molecule has 0 saturated heterocycles. The molecule has 1 fully saturated rings. The highest BCUT2D eigenvalue weighted by atomic mass is 16.4. The molecule has 0 bridgehead atoms. The molecular weight excluding hydrogens is 240 g/mol. The van der Waals surface area contributed by atoms with E-state index in [1.165, 1.54) is 6.42 Å². The maximum absolute atomic E-state index is 11.4. The van der Waals surface area contributed by atoms with E-state index in [2.05, 4.69) is 17.2 Å². The van der Waals surface area contributed by atoms with E-state index >= 15 is 0 Å². The second-order valence-electron chi connectivity index (χ2n) is 5.91. The highest BCUT2D eigenvalue weighted by molar-refractivity contribution is 5.93. The standard InChI is InChI=1S/C15H20N2O2/c1-9-5-6-11(7-9)16-14-12(15(18)19)8-10-3-2-4-13(10)17-14/h8-9,11H,2-7H2,1H3,(H,16,17)(H,18,19). The van der Waals surface area contributed by atoms with Crippen LogP contribution in [0.4, 0.5) is 5.82 Å². The number of pyridine rings is 1. The van der Waals surface area contributed by atoms with Gasteiger partial charge < -0.3 is 10.4 Å². The van der Waals surface area contributed by atoms with Crippen LogP contribution >= 0.6 is 0 Å². The summed E-state index contributed by atoms with van der Waals surface area (Å²) >= 11 is 0. The van der Waals surface area contributed by atoms with Crippen LogP contribution in [0.15, 0.2) is 6.07 Å². The summed E-state index contributed by atoms with van der Waals surface area (Å²) in [4.78, 5) is 16.0. The quantitative estimate of drug-likeness (QED) is 0.877. The van der Waals surface area contributed by atoms with Crippen molar-refractivity contribution in [2.24, 2.45) is 5.92 Å². The van der Waals surface area contributed by atoms with Crippen LogP contribution in [0.25, 0.3) is 0 Å². The third-order valence-corrected chi connectivity index (χ3v) is 4.32. The van der Waals surface area contributed by atoms with Gasteiger partial charge in [0.15, 0.2) is 0 Å². The van der Waals surface area contributed by atoms with Gasteiger partial charge in [0.2, 0.25) is 0 Å². The van der Waals surface area contributed by atoms with Gasteiger partial charge in [-0.2, -0.15) is 0 Å². The van der Waals surface area contributed by atoms with Crippen LogP contribution < -0.4 is 5.32 Å². The molecule has 1 heterocycles. The van der Waals surface area contributed by atoms with Crippen LogP contribution in [-0.4, -0.2) is 22.1 Å². The molecule has 1 aromatic heterocycles. The number of carboxylic acid groups (broad SMARTS) is 1. The number of hydrogen-bond donors (Lipinski definition) is 2. The minimum absolute atomic E-state index is 0.334. The molecule has 1 aromatic rings. The Kier molecular flexibility index (Phi) is 3.17. The van der Waals surface area contributed by atoms with Crippen molar-refractivity contribution in [2.75, 3.05) is 5.32 Å². The molecule has 0 spiro atoms. The van der Waals surface area contributed by atoms with E-state index in [4.69, 9.17) is 0 Å². The molecule has 4 nitrogen and oxygen atoms in total. The molecule has 102 valence electrons. The normalized spacial score (nSPS) is 25.3. The third-order valence-electron chi connectivity index (χ3n) is 4.32. The van der Waals surface area contributed by atoms with Gasteiger partial charge in [-0.1, -0.05) is 6.92 Å². The zero-order valence-corrected chi connectivity index (χ0v) is 11.3. The van der Waals surface area contributed by atoms with Crippen molar-refractivity contribution in [3.8, 4) is 0 Å². The van der Waals surface area contributed by atoms with Crippen LogP contribution in [-0.2, 0) is 12.8 Å². The molecule has 0 amide bonds. The van der Waals surface area contributed by atoms with E-state index in [0.29, 0.717) is 17.4 Å². The Bertz CT molecular complexity index is 513. The number of aromatic nitrogens is 1. The SMILES string of the molecule is CC1CCC(Nc2nc3c(cc2C(=O)O)CCC3)C1. The molecule has 0 radical (unpaired) electrons. The van der Waals surface area contributed by atoms with E-state index in [0.717, 1.165) is 49.3 Å². The van der Waals surface area contributed by atoms with Gasteiger partial charge in [-0.3, -0.25) is 0 Å². The Balaban J connectivity index is 1.88. The molecule has 2 aliphatic rings. The summed E-state index contributed by atoms with van der Waals surface area (Å²) in [5, 5.41) is 12.7. The van der Waals surface area contributed by atoms with Crippen LogP contribution in [0.5, 0.6) is 0 Å². The van der Waals surface area contributed by atoms with Crippen LogP contribution in [0, 0.1) is 5.92 Å². The second kappa shape index (κ2) is 4.83. The summed E-state index contributed by atoms with van der Waals surface area (Å²) in [6.07, 6.45) is 6.46. The molecule has 2 aliphatic carbocycles. The Morgan fingerprint density at radius 1 is 1.42 bits per heavy atom. The minimum Gasteiger partial charge on any atom is -0.478 e. The number of aryl methyl sites for hydroxylation is 2. The lowest BCUT2D eigenvalue weighted by Gasteiger charge is -2.16. The summed E-state index contributed by atoms with van der Waals surface area (Å²) < 4.78 is 0. The largest absolute Gasteiger partial charge is 0.478 e. The van der Waals surface area contributed by atoms with Gasteiger partial charge >= 0.3 is 5.97 Å². The van der Waals surface area contributed by atoms with Crippen molar-refractivity contribution >= 4 is 11.8 Å². The number of nitrogens with one attached hydrogen (secondary N) is 1. The maximum Gasteiger partial charge on any atom is 0.339 e. The average molecular weight is 260 g/mol. The molecule has 19 heavy (non-hydrogen) atoms. The fourth-order valence-corrected chi connectivity index (χ4v) is 3.28. The van der Waals surface area contributed by atoms with E-state index in [-0.39, 0.29) is 0 Å². The fraction of sp³-hybridized carbons (Fsp3) is 0.600. The number of fused-ring (bicyclic) bond motifs is 1. The smallest absolute Gasteiger partial charge is 0.339 e. The predicted octanol–water partition coefficient (Wildman–Crippen LogP) is 2.87. The monoisotopic (exact) mass is 260 g/mol. The Labute approximate surface area is 113 Å². The second-order valence-corrected chi connectivity index (χ2v) is 5.91. The molecule has 2 unspecified atom stereocenters. The summed E-state index contributed by atoms with van der Waals surface area (Å²) in [6, 6.07) is 2.19. The first kappa shape index (κ1) is 12.5. The highest BCUT2D eigenvalue weighted by Gasteiger charge is 2.25. The number of anilines is 1. The number of carboxylic acids is 1. The molecule has 0 aromatic carbocycles. The lowest BCUT2D eigenvalue weighted by Crippen LogP contribution is -2.19. The fourth-order valence-electron chi connectivity index (χ4n) is 3.28. The molecule has 4 heteroatoms. The predicted molar refractivity (Wildman–Crippen MR) is 73.6 cm³/mol. The van der Waals surface area contributed by atoms with E-state index < -0.39 is 5.97 Å². The lowest BCUT2D eigenvalue weighted by molar-refractivity contribution is 0.0697. The van der Waals surface area contributed by atoms with Gasteiger partial charge in [-0.05, 0) is 56.1 Å². The van der Waals surface area contributed by atoms with Crippen molar-refractivity contribution in [1.29, 1.82) is 0 Å². The average Bonchev–Trinajstić information content (AvgIpc) is 2.96. The van der Waals surface area contributed by atoms with E-state index in [1.807, 2.05) is 6.07 Å². The molecule has 0 aliphatic heterocycles. The van der Waals surface area contributed by atoms with Gasteiger partial charge in [0.1, 0.15) is 11.4 Å². The Morgan fingerprint density at radius 3 is 2.95 bits per heavy atom. The first-order valence-electron chi connectivity index (χ1n) is 7.16. The van der Waals surface area contributed by atoms with Crippen molar-refractivity contribution in [3.63, 3.8) is 0 Å². The Morgan fingerprint density at radius 2 is 2.26 bits per heavy atom. The van der Waals surface area contributed by atoms with Gasteiger partial charge in [-0.25, -0.2) is 9.78 Å². The van der Waals surface area contributed by atoms with Gasteiger partial charge in [-0.15, -0.1) is 0 Å². The van der Waals surface area contributed by atoms with E-state index in [9.17, 15) is 9.90 Å². The van der Waals surface area contributed by atoms with Crippen LogP contribution in [0.3, 0.4) is 0 Å². The van der Waals surface area contributed by atoms with Gasteiger partial charge in [0.05, 0.1) is 0 Å². The topological polar surface area (TPSA) is 62.2 Å². The third kappa shape index (κ3) is 2.44. The number of carbonyl (C=O) groups is 1. The number of nitrogens with zero attached hydrogens (tertiary/aromatic N) is 1. The molecular formula is C15H20N2O2. The van der Waals surface area contributed by atoms with E-state index in [1.54, 1.807) is 0 Å². The van der Waals surface area contributed by atoms with Crippen molar-refractivity contribution in [2.45, 2.75) is 51.5 Å². The summed E-state index contributed by atoms with van der Waals surface area (Å²) in [7, 11) is 0. The number of aromatic carboxylic acids is 1. The maximum atomic E-state index is 11.4. The molecule has 3 rings (SSSR count). The van der Waals surface area contributed by atoms with Crippen molar-refractivity contribution in [3.05, 3.63) is 22.9 Å². The number of hydrogen-bond acceptors (Lipinski definition) is 3. The van der Waals surface area contributed by atoms with Crippen LogP contribution in [0.1, 0.15) is 54.2 Å². The Hall–Kier alpha value is -1.58. The first-order chi connectivity index (χ1) is 9.13. The first-order valence-corrected chi connectivity index (χ1v) is 7.16. The van der Waals surface area contributed by atoms with Crippen molar-refractivity contribution in [1.82, 2.24) is 4.98 Å².